The normalized spacial score (nSPS) is 23.5. The Kier molecular flexibility index (Phi) is 5.67. The van der Waals surface area contributed by atoms with Crippen LogP contribution in [0.1, 0.15) is 63.1 Å². The van der Waals surface area contributed by atoms with Crippen LogP contribution in [0.2, 0.25) is 0 Å². The first-order valence-electron chi connectivity index (χ1n) is 9.08. The lowest BCUT2D eigenvalue weighted by molar-refractivity contribution is 0.0414. The average molecular weight is 322 g/mol. The second-order valence-electron chi connectivity index (χ2n) is 7.38. The molecule has 3 rings (SSSR count). The van der Waals surface area contributed by atoms with Crippen molar-refractivity contribution in [1.82, 2.24) is 20.4 Å². The molecule has 1 unspecified atom stereocenters. The van der Waals surface area contributed by atoms with Gasteiger partial charge in [0, 0.05) is 18.4 Å². The molecule has 1 aromatic rings. The third-order valence-corrected chi connectivity index (χ3v) is 5.28. The number of hydrogen-bond acceptors (Lipinski definition) is 6. The molecule has 0 saturated carbocycles. The van der Waals surface area contributed by atoms with Crippen molar-refractivity contribution in [3.8, 4) is 0 Å². The van der Waals surface area contributed by atoms with E-state index in [4.69, 9.17) is 4.52 Å². The summed E-state index contributed by atoms with van der Waals surface area (Å²) >= 11 is 0. The Hall–Kier alpha value is -0.980. The van der Waals surface area contributed by atoms with Crippen LogP contribution in [0.5, 0.6) is 0 Å². The number of hydrogen-bond donors (Lipinski definition) is 2. The maximum absolute atomic E-state index is 10.5. The van der Waals surface area contributed by atoms with E-state index in [1.165, 1.54) is 0 Å². The summed E-state index contributed by atoms with van der Waals surface area (Å²) in [5, 5.41) is 17.9. The highest BCUT2D eigenvalue weighted by Gasteiger charge is 2.28. The standard InChI is InChI=1S/C17H30N4O2/c1-12(2)16-19-17(23-20-16)14-5-9-21(10-6-14)11-15(22)13-3-7-18-8-4-13/h12-15,18,22H,3-11H2,1-2H3. The van der Waals surface area contributed by atoms with Crippen LogP contribution in [0.25, 0.3) is 0 Å². The Morgan fingerprint density at radius 1 is 1.22 bits per heavy atom. The van der Waals surface area contributed by atoms with Crippen molar-refractivity contribution in [2.24, 2.45) is 5.92 Å². The number of aliphatic hydroxyl groups excluding tert-OH is 1. The highest BCUT2D eigenvalue weighted by atomic mass is 16.5. The molecule has 1 aromatic heterocycles. The van der Waals surface area contributed by atoms with Crippen molar-refractivity contribution in [2.75, 3.05) is 32.7 Å². The smallest absolute Gasteiger partial charge is 0.229 e. The number of aliphatic hydroxyl groups is 1. The van der Waals surface area contributed by atoms with Crippen molar-refractivity contribution in [3.63, 3.8) is 0 Å². The Morgan fingerprint density at radius 3 is 2.52 bits per heavy atom. The van der Waals surface area contributed by atoms with Gasteiger partial charge in [0.1, 0.15) is 0 Å². The van der Waals surface area contributed by atoms with Gasteiger partial charge in [-0.2, -0.15) is 4.98 Å². The molecule has 6 nitrogen and oxygen atoms in total. The molecule has 0 bridgehead atoms. The fourth-order valence-corrected chi connectivity index (χ4v) is 3.65. The Morgan fingerprint density at radius 2 is 1.91 bits per heavy atom. The monoisotopic (exact) mass is 322 g/mol. The van der Waals surface area contributed by atoms with Crippen molar-refractivity contribution in [1.29, 1.82) is 0 Å². The minimum atomic E-state index is -0.190. The van der Waals surface area contributed by atoms with Gasteiger partial charge in [-0.3, -0.25) is 0 Å². The van der Waals surface area contributed by atoms with Gasteiger partial charge in [-0.1, -0.05) is 19.0 Å². The van der Waals surface area contributed by atoms with E-state index in [1.54, 1.807) is 0 Å². The van der Waals surface area contributed by atoms with Gasteiger partial charge in [-0.15, -0.1) is 0 Å². The van der Waals surface area contributed by atoms with Gasteiger partial charge in [-0.25, -0.2) is 0 Å². The summed E-state index contributed by atoms with van der Waals surface area (Å²) in [5.41, 5.74) is 0. The van der Waals surface area contributed by atoms with Crippen LogP contribution in [0.15, 0.2) is 4.52 Å². The molecule has 1 atom stereocenters. The van der Waals surface area contributed by atoms with Crippen molar-refractivity contribution in [2.45, 2.75) is 57.5 Å². The van der Waals surface area contributed by atoms with Crippen LogP contribution in [-0.2, 0) is 0 Å². The first-order valence-corrected chi connectivity index (χ1v) is 9.08. The summed E-state index contributed by atoms with van der Waals surface area (Å²) in [4.78, 5) is 6.93. The molecule has 23 heavy (non-hydrogen) atoms. The highest BCUT2D eigenvalue weighted by Crippen LogP contribution is 2.28. The summed E-state index contributed by atoms with van der Waals surface area (Å²) < 4.78 is 5.44. The Balaban J connectivity index is 1.46. The van der Waals surface area contributed by atoms with E-state index < -0.39 is 0 Å². The first kappa shape index (κ1) is 16.9. The van der Waals surface area contributed by atoms with Crippen LogP contribution >= 0.6 is 0 Å². The lowest BCUT2D eigenvalue weighted by Crippen LogP contribution is -2.43. The number of likely N-dealkylation sites (tertiary alicyclic amines) is 1. The molecule has 2 aliphatic heterocycles. The van der Waals surface area contributed by atoms with Gasteiger partial charge in [0.25, 0.3) is 0 Å². The summed E-state index contributed by atoms with van der Waals surface area (Å²) in [6, 6.07) is 0. The number of rotatable bonds is 5. The fourth-order valence-electron chi connectivity index (χ4n) is 3.65. The van der Waals surface area contributed by atoms with Crippen molar-refractivity contribution in [3.05, 3.63) is 11.7 Å². The van der Waals surface area contributed by atoms with Crippen molar-refractivity contribution >= 4 is 0 Å². The molecule has 130 valence electrons. The molecular weight excluding hydrogens is 292 g/mol. The SMILES string of the molecule is CC(C)c1noc(C2CCN(CC(O)C3CCNCC3)CC2)n1. The minimum Gasteiger partial charge on any atom is -0.392 e. The molecule has 0 radical (unpaired) electrons. The molecule has 2 fully saturated rings. The maximum atomic E-state index is 10.5. The van der Waals surface area contributed by atoms with E-state index in [0.29, 0.717) is 17.8 Å². The molecule has 2 saturated heterocycles. The Labute approximate surface area is 138 Å². The zero-order valence-electron chi connectivity index (χ0n) is 14.4. The summed E-state index contributed by atoms with van der Waals surface area (Å²) in [5.74, 6) is 2.75. The molecule has 2 N–H and O–H groups in total. The van der Waals surface area contributed by atoms with E-state index >= 15 is 0 Å². The third-order valence-electron chi connectivity index (χ3n) is 5.28. The van der Waals surface area contributed by atoms with Gasteiger partial charge in [0.15, 0.2) is 5.82 Å². The van der Waals surface area contributed by atoms with Gasteiger partial charge in [-0.05, 0) is 57.8 Å². The van der Waals surface area contributed by atoms with E-state index in [2.05, 4.69) is 34.2 Å². The summed E-state index contributed by atoms with van der Waals surface area (Å²) in [6.45, 7) is 9.06. The average Bonchev–Trinajstić information content (AvgIpc) is 3.07. The van der Waals surface area contributed by atoms with Gasteiger partial charge < -0.3 is 19.8 Å². The van der Waals surface area contributed by atoms with Crippen molar-refractivity contribution < 1.29 is 9.63 Å². The highest BCUT2D eigenvalue weighted by molar-refractivity contribution is 4.99. The van der Waals surface area contributed by atoms with E-state index in [1.807, 2.05) is 0 Å². The molecule has 2 aliphatic rings. The molecule has 6 heteroatoms. The lowest BCUT2D eigenvalue weighted by atomic mass is 9.90. The second-order valence-corrected chi connectivity index (χ2v) is 7.38. The second kappa shape index (κ2) is 7.73. The number of β-amino-alcohol motifs (C(OH)–C–C–N with tert-alkyl or cyclic N) is 1. The molecular formula is C17H30N4O2. The molecule has 3 heterocycles. The largest absolute Gasteiger partial charge is 0.392 e. The Bertz CT molecular complexity index is 477. The fraction of sp³-hybridized carbons (Fsp3) is 0.882. The number of aromatic nitrogens is 2. The quantitative estimate of drug-likeness (QED) is 0.860. The molecule has 0 aliphatic carbocycles. The molecule has 0 amide bonds. The predicted molar refractivity (Wildman–Crippen MR) is 88.4 cm³/mol. The van der Waals surface area contributed by atoms with Crippen LogP contribution in [0.4, 0.5) is 0 Å². The van der Waals surface area contributed by atoms with Crippen LogP contribution in [-0.4, -0.2) is 59.0 Å². The maximum Gasteiger partial charge on any atom is 0.229 e. The van der Waals surface area contributed by atoms with Crippen LogP contribution < -0.4 is 5.32 Å². The lowest BCUT2D eigenvalue weighted by Gasteiger charge is -2.35. The number of piperidine rings is 2. The molecule has 0 spiro atoms. The topological polar surface area (TPSA) is 74.4 Å². The first-order chi connectivity index (χ1) is 11.1. The zero-order valence-corrected chi connectivity index (χ0v) is 14.4. The van der Waals surface area contributed by atoms with Gasteiger partial charge in [0.05, 0.1) is 6.10 Å². The van der Waals surface area contributed by atoms with E-state index in [9.17, 15) is 5.11 Å². The number of nitrogens with zero attached hydrogens (tertiary/aromatic N) is 3. The third kappa shape index (κ3) is 4.31. The van der Waals surface area contributed by atoms with Crippen LogP contribution in [0, 0.1) is 5.92 Å². The summed E-state index contributed by atoms with van der Waals surface area (Å²) in [7, 11) is 0. The summed E-state index contributed by atoms with van der Waals surface area (Å²) in [6.07, 6.45) is 4.08. The molecule has 0 aromatic carbocycles. The van der Waals surface area contributed by atoms with Crippen LogP contribution in [0.3, 0.4) is 0 Å². The minimum absolute atomic E-state index is 0.190. The predicted octanol–water partition coefficient (Wildman–Crippen LogP) is 1.73. The van der Waals surface area contributed by atoms with Gasteiger partial charge >= 0.3 is 0 Å². The number of nitrogens with one attached hydrogen (secondary N) is 1. The van der Waals surface area contributed by atoms with E-state index in [0.717, 1.165) is 70.1 Å². The van der Waals surface area contributed by atoms with Gasteiger partial charge in [0.2, 0.25) is 5.89 Å². The zero-order chi connectivity index (χ0) is 16.2. The van der Waals surface area contributed by atoms with E-state index in [-0.39, 0.29) is 6.10 Å².